The van der Waals surface area contributed by atoms with Crippen LogP contribution in [0.25, 0.3) is 5.69 Å². The predicted octanol–water partition coefficient (Wildman–Crippen LogP) is 4.05. The molecule has 0 saturated heterocycles. The van der Waals surface area contributed by atoms with Gasteiger partial charge < -0.3 is 15.4 Å². The second-order valence-corrected chi connectivity index (χ2v) is 8.76. The van der Waals surface area contributed by atoms with Gasteiger partial charge in [-0.2, -0.15) is 5.10 Å². The highest BCUT2D eigenvalue weighted by Gasteiger charge is 2.24. The van der Waals surface area contributed by atoms with Crippen LogP contribution in [-0.4, -0.2) is 40.0 Å². The van der Waals surface area contributed by atoms with Gasteiger partial charge in [-0.3, -0.25) is 4.79 Å². The lowest BCUT2D eigenvalue weighted by atomic mass is 10.0. The first-order valence-electron chi connectivity index (χ1n) is 10.1. The minimum absolute atomic E-state index is 0.0334. The van der Waals surface area contributed by atoms with Gasteiger partial charge in [0, 0.05) is 12.6 Å². The van der Waals surface area contributed by atoms with Crippen LogP contribution in [0.4, 0.5) is 13.6 Å². The third-order valence-electron chi connectivity index (χ3n) is 4.65. The number of aromatic nitrogens is 2. The first kappa shape index (κ1) is 24.3. The number of rotatable bonds is 6. The number of nitrogens with zero attached hydrogens (tertiary/aromatic N) is 2. The van der Waals surface area contributed by atoms with Crippen molar-refractivity contribution in [2.24, 2.45) is 5.92 Å². The van der Waals surface area contributed by atoms with Crippen molar-refractivity contribution in [3.63, 3.8) is 0 Å². The average molecular weight is 437 g/mol. The van der Waals surface area contributed by atoms with E-state index in [0.29, 0.717) is 17.0 Å². The number of alkyl carbamates (subject to hydrolysis) is 1. The van der Waals surface area contributed by atoms with Crippen LogP contribution >= 0.6 is 0 Å². The van der Waals surface area contributed by atoms with E-state index in [1.807, 2.05) is 13.8 Å². The maximum atomic E-state index is 14.2. The lowest BCUT2D eigenvalue weighted by Crippen LogP contribution is -2.48. The van der Waals surface area contributed by atoms with Crippen molar-refractivity contribution >= 4 is 12.0 Å². The summed E-state index contributed by atoms with van der Waals surface area (Å²) in [7, 11) is 0. The number of carbonyl (C=O) groups excluding carboxylic acids is 2. The first-order valence-corrected chi connectivity index (χ1v) is 10.1. The number of amides is 2. The Morgan fingerprint density at radius 1 is 1.19 bits per heavy atom. The third kappa shape index (κ3) is 6.26. The summed E-state index contributed by atoms with van der Waals surface area (Å²) in [5.41, 5.74) is 0.533. The molecule has 1 atom stereocenters. The lowest BCUT2D eigenvalue weighted by Gasteiger charge is -2.26. The van der Waals surface area contributed by atoms with E-state index in [-0.39, 0.29) is 24.2 Å². The summed E-state index contributed by atoms with van der Waals surface area (Å²) in [6.45, 7) is 12.6. The number of aryl methyl sites for hydroxylation is 1. The number of carbonyl (C=O) groups is 2. The molecule has 1 aromatic heterocycles. The molecule has 2 amide bonds. The molecule has 0 aliphatic rings. The monoisotopic (exact) mass is 436 g/mol. The van der Waals surface area contributed by atoms with E-state index in [1.54, 1.807) is 34.6 Å². The molecule has 2 rings (SSSR count). The van der Waals surface area contributed by atoms with Crippen molar-refractivity contribution in [3.8, 4) is 5.69 Å². The van der Waals surface area contributed by atoms with Crippen molar-refractivity contribution in [2.45, 2.75) is 60.1 Å². The highest BCUT2D eigenvalue weighted by molar-refractivity contribution is 5.96. The van der Waals surface area contributed by atoms with Gasteiger partial charge >= 0.3 is 6.09 Å². The van der Waals surface area contributed by atoms with E-state index in [0.717, 1.165) is 12.1 Å². The molecule has 0 fully saturated rings. The normalized spacial score (nSPS) is 12.6. The largest absolute Gasteiger partial charge is 0.444 e. The standard InChI is InChI=1S/C22H30F2N4O3/c1-12(2)17(26-21(30)31-22(5,6)7)11-25-20(29)19-13(3)27-28(14(19)4)18-9-8-15(23)10-16(18)24/h8-10,12,17H,11H2,1-7H3,(H,25,29)(H,26,30). The first-order chi connectivity index (χ1) is 14.3. The topological polar surface area (TPSA) is 85.3 Å². The average Bonchev–Trinajstić information content (AvgIpc) is 2.90. The third-order valence-corrected chi connectivity index (χ3v) is 4.65. The van der Waals surface area contributed by atoms with Crippen molar-refractivity contribution in [1.82, 2.24) is 20.4 Å². The number of hydrogen-bond acceptors (Lipinski definition) is 4. The molecule has 1 unspecified atom stereocenters. The van der Waals surface area contributed by atoms with E-state index in [4.69, 9.17) is 4.74 Å². The number of nitrogens with one attached hydrogen (secondary N) is 2. The summed E-state index contributed by atoms with van der Waals surface area (Å²) in [5, 5.41) is 9.82. The summed E-state index contributed by atoms with van der Waals surface area (Å²) < 4.78 is 34.0. The van der Waals surface area contributed by atoms with Crippen LogP contribution in [0.2, 0.25) is 0 Å². The Balaban J connectivity index is 2.16. The van der Waals surface area contributed by atoms with Crippen LogP contribution in [-0.2, 0) is 4.74 Å². The fourth-order valence-electron chi connectivity index (χ4n) is 3.06. The molecule has 0 radical (unpaired) electrons. The molecule has 0 aliphatic heterocycles. The van der Waals surface area contributed by atoms with Crippen LogP contribution in [0.5, 0.6) is 0 Å². The zero-order valence-electron chi connectivity index (χ0n) is 19.0. The van der Waals surface area contributed by atoms with Gasteiger partial charge in [0.1, 0.15) is 17.1 Å². The Bertz CT molecular complexity index is 964. The van der Waals surface area contributed by atoms with Gasteiger partial charge in [0.05, 0.1) is 23.0 Å². The van der Waals surface area contributed by atoms with Crippen LogP contribution in [0, 0.1) is 31.4 Å². The predicted molar refractivity (Wildman–Crippen MR) is 113 cm³/mol. The molecule has 7 nitrogen and oxygen atoms in total. The Hall–Kier alpha value is -2.97. The Morgan fingerprint density at radius 2 is 1.84 bits per heavy atom. The van der Waals surface area contributed by atoms with Gasteiger partial charge in [0.25, 0.3) is 5.91 Å². The maximum absolute atomic E-state index is 14.2. The molecular weight excluding hydrogens is 406 g/mol. The number of benzene rings is 1. The summed E-state index contributed by atoms with van der Waals surface area (Å²) in [4.78, 5) is 24.9. The zero-order valence-corrected chi connectivity index (χ0v) is 19.0. The van der Waals surface area contributed by atoms with E-state index in [2.05, 4.69) is 15.7 Å². The van der Waals surface area contributed by atoms with E-state index >= 15 is 0 Å². The van der Waals surface area contributed by atoms with Gasteiger partial charge in [0.15, 0.2) is 5.82 Å². The number of halogens is 2. The molecule has 0 saturated carbocycles. The summed E-state index contributed by atoms with van der Waals surface area (Å²) in [6, 6.07) is 2.81. The van der Waals surface area contributed by atoms with Crippen molar-refractivity contribution in [1.29, 1.82) is 0 Å². The molecule has 2 N–H and O–H groups in total. The smallest absolute Gasteiger partial charge is 0.407 e. The lowest BCUT2D eigenvalue weighted by molar-refractivity contribution is 0.0487. The van der Waals surface area contributed by atoms with Crippen molar-refractivity contribution in [2.75, 3.05) is 6.54 Å². The quantitative estimate of drug-likeness (QED) is 0.716. The van der Waals surface area contributed by atoms with Crippen LogP contribution in [0.3, 0.4) is 0 Å². The van der Waals surface area contributed by atoms with E-state index in [1.165, 1.54) is 10.7 Å². The molecular formula is C22H30F2N4O3. The van der Waals surface area contributed by atoms with E-state index in [9.17, 15) is 18.4 Å². The van der Waals surface area contributed by atoms with Crippen LogP contribution < -0.4 is 10.6 Å². The molecule has 9 heteroatoms. The van der Waals surface area contributed by atoms with Gasteiger partial charge in [-0.1, -0.05) is 13.8 Å². The molecule has 0 bridgehead atoms. The second-order valence-electron chi connectivity index (χ2n) is 8.76. The fraction of sp³-hybridized carbons (Fsp3) is 0.500. The molecule has 31 heavy (non-hydrogen) atoms. The van der Waals surface area contributed by atoms with Crippen LogP contribution in [0.1, 0.15) is 56.4 Å². The Kier molecular flexibility index (Phi) is 7.41. The molecule has 2 aromatic rings. The van der Waals surface area contributed by atoms with Crippen molar-refractivity contribution < 1.29 is 23.1 Å². The maximum Gasteiger partial charge on any atom is 0.407 e. The van der Waals surface area contributed by atoms with Gasteiger partial charge in [-0.05, 0) is 52.7 Å². The second kappa shape index (κ2) is 9.45. The highest BCUT2D eigenvalue weighted by Crippen LogP contribution is 2.21. The molecule has 0 spiro atoms. The summed E-state index contributed by atoms with van der Waals surface area (Å²) >= 11 is 0. The molecule has 170 valence electrons. The fourth-order valence-corrected chi connectivity index (χ4v) is 3.06. The molecule has 0 aliphatic carbocycles. The minimum Gasteiger partial charge on any atom is -0.444 e. The van der Waals surface area contributed by atoms with Gasteiger partial charge in [-0.25, -0.2) is 18.3 Å². The Labute approximate surface area is 181 Å². The number of ether oxygens (including phenoxy) is 1. The molecule has 1 heterocycles. The van der Waals surface area contributed by atoms with Crippen molar-refractivity contribution in [3.05, 3.63) is 46.8 Å². The summed E-state index contributed by atoms with van der Waals surface area (Å²) in [5.74, 6) is -1.84. The summed E-state index contributed by atoms with van der Waals surface area (Å²) in [6.07, 6.45) is -0.563. The zero-order chi connectivity index (χ0) is 23.5. The molecule has 1 aromatic carbocycles. The van der Waals surface area contributed by atoms with Gasteiger partial charge in [-0.15, -0.1) is 0 Å². The Morgan fingerprint density at radius 3 is 2.39 bits per heavy atom. The van der Waals surface area contributed by atoms with Gasteiger partial charge in [0.2, 0.25) is 0 Å². The number of hydrogen-bond donors (Lipinski definition) is 2. The SMILES string of the molecule is Cc1nn(-c2ccc(F)cc2F)c(C)c1C(=O)NCC(NC(=O)OC(C)(C)C)C(C)C. The minimum atomic E-state index is -0.779. The van der Waals surface area contributed by atoms with Crippen LogP contribution in [0.15, 0.2) is 18.2 Å². The highest BCUT2D eigenvalue weighted by atomic mass is 19.1. The van der Waals surface area contributed by atoms with E-state index < -0.39 is 29.2 Å².